The van der Waals surface area contributed by atoms with Crippen molar-refractivity contribution in [3.05, 3.63) is 11.5 Å². The highest BCUT2D eigenvalue weighted by Crippen LogP contribution is 2.23. The van der Waals surface area contributed by atoms with Crippen LogP contribution in [0.5, 0.6) is 5.75 Å². The molecule has 1 aromatic heterocycles. The summed E-state index contributed by atoms with van der Waals surface area (Å²) in [6.45, 7) is 6.23. The van der Waals surface area contributed by atoms with Crippen LogP contribution >= 0.6 is 11.6 Å². The van der Waals surface area contributed by atoms with Gasteiger partial charge >= 0.3 is 0 Å². The van der Waals surface area contributed by atoms with Crippen LogP contribution in [0.25, 0.3) is 0 Å². The summed E-state index contributed by atoms with van der Waals surface area (Å²) in [7, 11) is 0. The molecule has 1 saturated heterocycles. The number of nitrogens with one attached hydrogen (secondary N) is 1. The Bertz CT molecular complexity index is 496. The SMILES string of the molecule is CC(C)Oc1cnc(Cl)nc1NCCCN1CCCC1=O. The predicted molar refractivity (Wildman–Crippen MR) is 81.7 cm³/mol. The highest BCUT2D eigenvalue weighted by molar-refractivity contribution is 6.28. The summed E-state index contributed by atoms with van der Waals surface area (Å²) in [6, 6.07) is 0. The van der Waals surface area contributed by atoms with Crippen molar-refractivity contribution in [1.82, 2.24) is 14.9 Å². The first-order valence-electron chi connectivity index (χ1n) is 7.27. The van der Waals surface area contributed by atoms with E-state index in [9.17, 15) is 4.79 Å². The van der Waals surface area contributed by atoms with E-state index in [0.717, 1.165) is 25.9 Å². The summed E-state index contributed by atoms with van der Waals surface area (Å²) in [6.07, 6.45) is 4.12. The number of amides is 1. The monoisotopic (exact) mass is 312 g/mol. The lowest BCUT2D eigenvalue weighted by Gasteiger charge is -2.17. The van der Waals surface area contributed by atoms with E-state index < -0.39 is 0 Å². The molecule has 0 bridgehead atoms. The average Bonchev–Trinajstić information content (AvgIpc) is 2.83. The lowest BCUT2D eigenvalue weighted by Crippen LogP contribution is -2.27. The zero-order valence-corrected chi connectivity index (χ0v) is 13.2. The fourth-order valence-corrected chi connectivity index (χ4v) is 2.37. The maximum Gasteiger partial charge on any atom is 0.224 e. The molecule has 6 nitrogen and oxygen atoms in total. The molecule has 0 atom stereocenters. The molecule has 0 unspecified atom stereocenters. The van der Waals surface area contributed by atoms with Crippen LogP contribution in [0.3, 0.4) is 0 Å². The van der Waals surface area contributed by atoms with E-state index in [0.29, 0.717) is 24.5 Å². The number of rotatable bonds is 7. The Morgan fingerprint density at radius 3 is 3.00 bits per heavy atom. The molecule has 1 aromatic rings. The van der Waals surface area contributed by atoms with E-state index in [4.69, 9.17) is 16.3 Å². The van der Waals surface area contributed by atoms with Crippen molar-refractivity contribution in [2.45, 2.75) is 39.2 Å². The minimum atomic E-state index is 0.0394. The zero-order chi connectivity index (χ0) is 15.2. The average molecular weight is 313 g/mol. The molecule has 0 spiro atoms. The Balaban J connectivity index is 1.84. The van der Waals surface area contributed by atoms with Crippen LogP contribution < -0.4 is 10.1 Å². The van der Waals surface area contributed by atoms with Crippen LogP contribution in [0.15, 0.2) is 6.20 Å². The molecule has 2 heterocycles. The molecule has 1 fully saturated rings. The first-order valence-corrected chi connectivity index (χ1v) is 7.65. The van der Waals surface area contributed by atoms with Crippen LogP contribution in [-0.2, 0) is 4.79 Å². The van der Waals surface area contributed by atoms with Crippen molar-refractivity contribution in [2.75, 3.05) is 25.0 Å². The third kappa shape index (κ3) is 4.74. The number of carbonyl (C=O) groups is 1. The molecule has 1 amide bonds. The van der Waals surface area contributed by atoms with Gasteiger partial charge in [-0.3, -0.25) is 4.79 Å². The summed E-state index contributed by atoms with van der Waals surface area (Å²) in [5.74, 6) is 1.44. The minimum Gasteiger partial charge on any atom is -0.486 e. The molecule has 7 heteroatoms. The Kier molecular flexibility index (Phi) is 5.61. The van der Waals surface area contributed by atoms with Crippen molar-refractivity contribution in [2.24, 2.45) is 0 Å². The Morgan fingerprint density at radius 2 is 2.33 bits per heavy atom. The standard InChI is InChI=1S/C14H21ClN4O2/c1-10(2)21-11-9-17-14(15)18-13(11)16-6-4-8-19-7-3-5-12(19)20/h9-10H,3-8H2,1-2H3,(H,16,17,18). The second-order valence-electron chi connectivity index (χ2n) is 5.28. The van der Waals surface area contributed by atoms with Gasteiger partial charge in [0.15, 0.2) is 11.6 Å². The van der Waals surface area contributed by atoms with E-state index in [1.54, 1.807) is 6.20 Å². The number of halogens is 1. The topological polar surface area (TPSA) is 67.4 Å². The van der Waals surface area contributed by atoms with Gasteiger partial charge in [-0.25, -0.2) is 4.98 Å². The number of anilines is 1. The highest BCUT2D eigenvalue weighted by Gasteiger charge is 2.19. The number of ether oxygens (including phenoxy) is 1. The number of likely N-dealkylation sites (tertiary alicyclic amines) is 1. The molecular weight excluding hydrogens is 292 g/mol. The quantitative estimate of drug-likeness (QED) is 0.618. The van der Waals surface area contributed by atoms with Crippen molar-refractivity contribution < 1.29 is 9.53 Å². The van der Waals surface area contributed by atoms with Gasteiger partial charge in [0.2, 0.25) is 11.2 Å². The minimum absolute atomic E-state index is 0.0394. The summed E-state index contributed by atoms with van der Waals surface area (Å²) in [5, 5.41) is 3.38. The van der Waals surface area contributed by atoms with Crippen molar-refractivity contribution >= 4 is 23.3 Å². The van der Waals surface area contributed by atoms with Crippen molar-refractivity contribution in [3.63, 3.8) is 0 Å². The third-order valence-corrected chi connectivity index (χ3v) is 3.34. The largest absolute Gasteiger partial charge is 0.486 e. The second kappa shape index (κ2) is 7.45. The molecule has 1 aliphatic rings. The molecule has 1 N–H and O–H groups in total. The normalized spacial score (nSPS) is 14.9. The molecule has 0 aliphatic carbocycles. The van der Waals surface area contributed by atoms with E-state index >= 15 is 0 Å². The van der Waals surface area contributed by atoms with Gasteiger partial charge in [-0.05, 0) is 38.3 Å². The molecule has 0 radical (unpaired) electrons. The second-order valence-corrected chi connectivity index (χ2v) is 5.62. The van der Waals surface area contributed by atoms with Crippen LogP contribution in [-0.4, -0.2) is 46.5 Å². The van der Waals surface area contributed by atoms with E-state index in [1.165, 1.54) is 0 Å². The maximum absolute atomic E-state index is 11.5. The van der Waals surface area contributed by atoms with Crippen LogP contribution in [0.1, 0.15) is 33.1 Å². The van der Waals surface area contributed by atoms with Gasteiger partial charge in [-0.2, -0.15) is 4.98 Å². The van der Waals surface area contributed by atoms with E-state index in [1.807, 2.05) is 18.7 Å². The summed E-state index contributed by atoms with van der Waals surface area (Å²) < 4.78 is 5.64. The molecule has 1 aliphatic heterocycles. The number of nitrogens with zero attached hydrogens (tertiary/aromatic N) is 3. The van der Waals surface area contributed by atoms with Gasteiger partial charge in [0.05, 0.1) is 12.3 Å². The summed E-state index contributed by atoms with van der Waals surface area (Å²) in [5.41, 5.74) is 0. The maximum atomic E-state index is 11.5. The highest BCUT2D eigenvalue weighted by atomic mass is 35.5. The smallest absolute Gasteiger partial charge is 0.224 e. The Morgan fingerprint density at radius 1 is 1.52 bits per heavy atom. The third-order valence-electron chi connectivity index (χ3n) is 3.16. The van der Waals surface area contributed by atoms with Crippen LogP contribution in [0.2, 0.25) is 5.28 Å². The molecular formula is C14H21ClN4O2. The zero-order valence-electron chi connectivity index (χ0n) is 12.4. The van der Waals surface area contributed by atoms with Gasteiger partial charge in [0.1, 0.15) is 0 Å². The molecule has 0 saturated carbocycles. The van der Waals surface area contributed by atoms with Gasteiger partial charge in [0, 0.05) is 26.1 Å². The lowest BCUT2D eigenvalue weighted by atomic mass is 10.3. The lowest BCUT2D eigenvalue weighted by molar-refractivity contribution is -0.127. The van der Waals surface area contributed by atoms with Gasteiger partial charge in [0.25, 0.3) is 0 Å². The molecule has 2 rings (SSSR count). The fourth-order valence-electron chi connectivity index (χ4n) is 2.23. The molecule has 0 aromatic carbocycles. The Hall–Kier alpha value is -1.56. The molecule has 116 valence electrons. The van der Waals surface area contributed by atoms with Crippen LogP contribution in [0.4, 0.5) is 5.82 Å². The number of hydrogen-bond donors (Lipinski definition) is 1. The number of hydrogen-bond acceptors (Lipinski definition) is 5. The first kappa shape index (κ1) is 15.8. The Labute approximate surface area is 129 Å². The van der Waals surface area contributed by atoms with Gasteiger partial charge in [-0.1, -0.05) is 0 Å². The fraction of sp³-hybridized carbons (Fsp3) is 0.643. The predicted octanol–water partition coefficient (Wildman–Crippen LogP) is 2.34. The van der Waals surface area contributed by atoms with E-state index in [2.05, 4.69) is 15.3 Å². The number of aromatic nitrogens is 2. The van der Waals surface area contributed by atoms with Crippen molar-refractivity contribution in [1.29, 1.82) is 0 Å². The van der Waals surface area contributed by atoms with E-state index in [-0.39, 0.29) is 17.3 Å². The summed E-state index contributed by atoms with van der Waals surface area (Å²) in [4.78, 5) is 21.5. The van der Waals surface area contributed by atoms with Crippen LogP contribution in [0, 0.1) is 0 Å². The number of carbonyl (C=O) groups excluding carboxylic acids is 1. The van der Waals surface area contributed by atoms with Gasteiger partial charge < -0.3 is 15.0 Å². The summed E-state index contributed by atoms with van der Waals surface area (Å²) >= 11 is 5.82. The first-order chi connectivity index (χ1) is 10.1. The van der Waals surface area contributed by atoms with Gasteiger partial charge in [-0.15, -0.1) is 0 Å². The molecule has 21 heavy (non-hydrogen) atoms. The van der Waals surface area contributed by atoms with Crippen molar-refractivity contribution in [3.8, 4) is 5.75 Å².